The lowest BCUT2D eigenvalue weighted by Gasteiger charge is -2.24. The zero-order valence-electron chi connectivity index (χ0n) is 14.7. The molecule has 0 spiro atoms. The van der Waals surface area contributed by atoms with E-state index in [0.29, 0.717) is 28.2 Å². The Morgan fingerprint density at radius 3 is 2.59 bits per heavy atom. The molecule has 0 bridgehead atoms. The number of amides is 1. The molecular formula is C19H18F2N2O4. The van der Waals surface area contributed by atoms with Gasteiger partial charge in [-0.3, -0.25) is 4.79 Å². The second-order valence-corrected chi connectivity index (χ2v) is 5.96. The first-order chi connectivity index (χ1) is 12.9. The third-order valence-electron chi connectivity index (χ3n) is 3.88. The number of hydrazone groups is 1. The molecule has 8 heteroatoms. The summed E-state index contributed by atoms with van der Waals surface area (Å²) >= 11 is 0. The van der Waals surface area contributed by atoms with Crippen molar-refractivity contribution in [3.05, 3.63) is 53.1 Å². The van der Waals surface area contributed by atoms with Crippen LogP contribution in [0.5, 0.6) is 17.2 Å². The van der Waals surface area contributed by atoms with Crippen molar-refractivity contribution in [3.8, 4) is 17.2 Å². The number of nitrogens with zero attached hydrogens (tertiary/aromatic N) is 1. The Morgan fingerprint density at radius 1 is 1.26 bits per heavy atom. The van der Waals surface area contributed by atoms with Gasteiger partial charge in [0.15, 0.2) is 11.5 Å². The first-order valence-electron chi connectivity index (χ1n) is 8.21. The van der Waals surface area contributed by atoms with Crippen LogP contribution in [0, 0.1) is 13.8 Å². The fourth-order valence-electron chi connectivity index (χ4n) is 2.72. The van der Waals surface area contributed by atoms with Gasteiger partial charge in [0, 0.05) is 0 Å². The molecule has 0 aliphatic carbocycles. The number of alkyl halides is 2. The Labute approximate surface area is 154 Å². The predicted octanol–water partition coefficient (Wildman–Crippen LogP) is 3.19. The summed E-state index contributed by atoms with van der Waals surface area (Å²) in [6, 6.07) is 10.3. The van der Waals surface area contributed by atoms with E-state index in [9.17, 15) is 13.6 Å². The van der Waals surface area contributed by atoms with E-state index in [0.717, 1.165) is 0 Å². The van der Waals surface area contributed by atoms with E-state index in [1.54, 1.807) is 44.2 Å². The third-order valence-corrected chi connectivity index (χ3v) is 3.88. The van der Waals surface area contributed by atoms with E-state index in [4.69, 9.17) is 9.47 Å². The number of carbonyl (C=O) groups excluding carboxylic acids is 1. The van der Waals surface area contributed by atoms with E-state index in [1.165, 1.54) is 6.21 Å². The van der Waals surface area contributed by atoms with Gasteiger partial charge in [-0.2, -0.15) is 13.9 Å². The maximum Gasteiger partial charge on any atom is 0.387 e. The van der Waals surface area contributed by atoms with Crippen LogP contribution in [0.15, 0.2) is 41.5 Å². The predicted molar refractivity (Wildman–Crippen MR) is 94.6 cm³/mol. The van der Waals surface area contributed by atoms with Crippen molar-refractivity contribution in [2.45, 2.75) is 26.6 Å². The maximum absolute atomic E-state index is 12.4. The van der Waals surface area contributed by atoms with Crippen molar-refractivity contribution in [3.63, 3.8) is 0 Å². The Kier molecular flexibility index (Phi) is 5.54. The summed E-state index contributed by atoms with van der Waals surface area (Å²) < 4.78 is 40.4. The Balaban J connectivity index is 1.61. The largest absolute Gasteiger partial charge is 0.485 e. The molecule has 0 saturated carbocycles. The number of para-hydroxylation sites is 2. The number of fused-ring (bicyclic) bond motifs is 1. The van der Waals surface area contributed by atoms with Crippen LogP contribution in [0.2, 0.25) is 0 Å². The van der Waals surface area contributed by atoms with E-state index in [1.807, 2.05) is 6.07 Å². The highest BCUT2D eigenvalue weighted by Crippen LogP contribution is 2.30. The molecule has 1 aliphatic heterocycles. The lowest BCUT2D eigenvalue weighted by Crippen LogP contribution is -2.42. The molecule has 1 heterocycles. The van der Waals surface area contributed by atoms with Crippen LogP contribution < -0.4 is 19.6 Å². The number of carbonyl (C=O) groups is 1. The molecule has 0 radical (unpaired) electrons. The molecule has 1 aliphatic rings. The average Bonchev–Trinajstić information content (AvgIpc) is 2.64. The number of ether oxygens (including phenoxy) is 3. The topological polar surface area (TPSA) is 69.2 Å². The molecule has 3 rings (SSSR count). The molecule has 2 aromatic rings. The molecule has 0 saturated heterocycles. The molecule has 27 heavy (non-hydrogen) atoms. The number of benzene rings is 2. The monoisotopic (exact) mass is 376 g/mol. The summed E-state index contributed by atoms with van der Waals surface area (Å²) in [5, 5.41) is 3.90. The number of rotatable bonds is 5. The van der Waals surface area contributed by atoms with Crippen LogP contribution in [-0.2, 0) is 4.79 Å². The number of hydrogen-bond acceptors (Lipinski definition) is 5. The molecule has 0 fully saturated rings. The van der Waals surface area contributed by atoms with Gasteiger partial charge in [0.2, 0.25) is 6.10 Å². The van der Waals surface area contributed by atoms with Gasteiger partial charge in [0.25, 0.3) is 5.91 Å². The van der Waals surface area contributed by atoms with Gasteiger partial charge >= 0.3 is 6.61 Å². The van der Waals surface area contributed by atoms with Crippen LogP contribution >= 0.6 is 0 Å². The minimum atomic E-state index is -2.89. The van der Waals surface area contributed by atoms with Gasteiger partial charge in [-0.15, -0.1) is 0 Å². The molecule has 1 N–H and O–H groups in total. The smallest absolute Gasteiger partial charge is 0.387 e. The minimum Gasteiger partial charge on any atom is -0.485 e. The standard InChI is InChI=1S/C19H18F2N2O4/c1-11-7-13(8-12(2)17(11)27-19(20)21)9-22-23-18(24)16-10-25-14-5-3-4-6-15(14)26-16/h3-9,16,19H,10H2,1-2H3,(H,23,24)/b22-9-/t16-/m1/s1. The van der Waals surface area contributed by atoms with Crippen LogP contribution in [-0.4, -0.2) is 31.4 Å². The van der Waals surface area contributed by atoms with Crippen molar-refractivity contribution in [2.24, 2.45) is 5.10 Å². The lowest BCUT2D eigenvalue weighted by atomic mass is 10.1. The zero-order valence-corrected chi connectivity index (χ0v) is 14.7. The number of nitrogens with one attached hydrogen (secondary N) is 1. The van der Waals surface area contributed by atoms with E-state index >= 15 is 0 Å². The van der Waals surface area contributed by atoms with E-state index in [-0.39, 0.29) is 12.4 Å². The van der Waals surface area contributed by atoms with Crippen molar-refractivity contribution < 1.29 is 27.8 Å². The van der Waals surface area contributed by atoms with Crippen LogP contribution in [0.4, 0.5) is 8.78 Å². The van der Waals surface area contributed by atoms with Gasteiger partial charge < -0.3 is 14.2 Å². The van der Waals surface area contributed by atoms with Crippen molar-refractivity contribution >= 4 is 12.1 Å². The summed E-state index contributed by atoms with van der Waals surface area (Å²) in [6.07, 6.45) is 0.601. The van der Waals surface area contributed by atoms with Gasteiger partial charge in [-0.1, -0.05) is 12.1 Å². The van der Waals surface area contributed by atoms with Gasteiger partial charge in [-0.25, -0.2) is 5.43 Å². The molecule has 1 atom stereocenters. The fraction of sp³-hybridized carbons (Fsp3) is 0.263. The Hall–Kier alpha value is -3.16. The molecule has 142 valence electrons. The molecule has 6 nitrogen and oxygen atoms in total. The number of hydrogen-bond donors (Lipinski definition) is 1. The SMILES string of the molecule is Cc1cc(/C=N\NC(=O)[C@H]2COc3ccccc3O2)cc(C)c1OC(F)F. The highest BCUT2D eigenvalue weighted by molar-refractivity contribution is 5.85. The van der Waals surface area contributed by atoms with Gasteiger partial charge in [0.05, 0.1) is 6.21 Å². The number of halogens is 2. The molecule has 1 amide bonds. The molecule has 0 aromatic heterocycles. The highest BCUT2D eigenvalue weighted by atomic mass is 19.3. The maximum atomic E-state index is 12.4. The van der Waals surface area contributed by atoms with Crippen molar-refractivity contribution in [2.75, 3.05) is 6.61 Å². The summed E-state index contributed by atoms with van der Waals surface area (Å²) in [5.74, 6) is 0.764. The normalized spacial score (nSPS) is 15.8. The lowest BCUT2D eigenvalue weighted by molar-refractivity contribution is -0.130. The van der Waals surface area contributed by atoms with Crippen LogP contribution in [0.25, 0.3) is 0 Å². The first kappa shape index (κ1) is 18.6. The molecular weight excluding hydrogens is 358 g/mol. The van der Waals surface area contributed by atoms with Crippen molar-refractivity contribution in [1.82, 2.24) is 5.43 Å². The fourth-order valence-corrected chi connectivity index (χ4v) is 2.72. The summed E-state index contributed by atoms with van der Waals surface area (Å²) in [7, 11) is 0. The molecule has 2 aromatic carbocycles. The first-order valence-corrected chi connectivity index (χ1v) is 8.21. The van der Waals surface area contributed by atoms with Crippen LogP contribution in [0.3, 0.4) is 0 Å². The third kappa shape index (κ3) is 4.52. The van der Waals surface area contributed by atoms with Crippen molar-refractivity contribution in [1.29, 1.82) is 0 Å². The highest BCUT2D eigenvalue weighted by Gasteiger charge is 2.27. The second kappa shape index (κ2) is 8.03. The summed E-state index contributed by atoms with van der Waals surface area (Å²) in [5.41, 5.74) is 4.12. The summed E-state index contributed by atoms with van der Waals surface area (Å²) in [6.45, 7) is 0.511. The minimum absolute atomic E-state index is 0.0796. The molecule has 0 unspecified atom stereocenters. The Morgan fingerprint density at radius 2 is 1.93 bits per heavy atom. The van der Waals surface area contributed by atoms with Crippen LogP contribution in [0.1, 0.15) is 16.7 Å². The Bertz CT molecular complexity index is 848. The second-order valence-electron chi connectivity index (χ2n) is 5.96. The zero-order chi connectivity index (χ0) is 19.4. The summed E-state index contributed by atoms with van der Waals surface area (Å²) in [4.78, 5) is 12.2. The van der Waals surface area contributed by atoms with Gasteiger partial charge in [0.1, 0.15) is 12.4 Å². The average molecular weight is 376 g/mol. The number of aryl methyl sites for hydroxylation is 2. The van der Waals surface area contributed by atoms with Gasteiger partial charge in [-0.05, 0) is 54.8 Å². The quantitative estimate of drug-likeness (QED) is 0.643. The van der Waals surface area contributed by atoms with E-state index < -0.39 is 18.6 Å². The van der Waals surface area contributed by atoms with E-state index in [2.05, 4.69) is 15.3 Å².